The topological polar surface area (TPSA) is 15.3 Å². The molecule has 1 fully saturated rings. The van der Waals surface area contributed by atoms with E-state index in [0.29, 0.717) is 6.04 Å². The van der Waals surface area contributed by atoms with Crippen molar-refractivity contribution in [2.24, 2.45) is 0 Å². The summed E-state index contributed by atoms with van der Waals surface area (Å²) in [5.74, 6) is 0. The summed E-state index contributed by atoms with van der Waals surface area (Å²) in [4.78, 5) is 2.45. The first kappa shape index (κ1) is 14.1. The molecule has 0 bridgehead atoms. The summed E-state index contributed by atoms with van der Waals surface area (Å²) in [6, 6.07) is 6.94. The van der Waals surface area contributed by atoms with E-state index in [0.717, 1.165) is 34.7 Å². The van der Waals surface area contributed by atoms with Crippen LogP contribution in [0.5, 0.6) is 0 Å². The van der Waals surface area contributed by atoms with Crippen LogP contribution in [0.25, 0.3) is 0 Å². The van der Waals surface area contributed by atoms with Crippen LogP contribution in [0.4, 0.5) is 0 Å². The van der Waals surface area contributed by atoms with Crippen LogP contribution in [0, 0.1) is 0 Å². The number of halogens is 2. The van der Waals surface area contributed by atoms with Crippen LogP contribution in [0.3, 0.4) is 0 Å². The van der Waals surface area contributed by atoms with E-state index in [9.17, 15) is 0 Å². The lowest BCUT2D eigenvalue weighted by molar-refractivity contribution is 0.241. The molecular weight excluding hydrogens is 267 g/mol. The van der Waals surface area contributed by atoms with Gasteiger partial charge in [0.1, 0.15) is 0 Å². The summed E-state index contributed by atoms with van der Waals surface area (Å²) in [6.45, 7) is 3.99. The predicted molar refractivity (Wildman–Crippen MR) is 78.4 cm³/mol. The molecule has 1 unspecified atom stereocenters. The van der Waals surface area contributed by atoms with Gasteiger partial charge in [-0.3, -0.25) is 4.90 Å². The number of hydrogen-bond acceptors (Lipinski definition) is 2. The highest BCUT2D eigenvalue weighted by atomic mass is 35.5. The van der Waals surface area contributed by atoms with Gasteiger partial charge in [-0.05, 0) is 50.6 Å². The van der Waals surface area contributed by atoms with Crippen LogP contribution in [-0.4, -0.2) is 30.6 Å². The van der Waals surface area contributed by atoms with E-state index >= 15 is 0 Å². The fourth-order valence-corrected chi connectivity index (χ4v) is 2.46. The third-order valence-electron chi connectivity index (χ3n) is 3.58. The minimum Gasteiger partial charge on any atom is -0.311 e. The lowest BCUT2D eigenvalue weighted by Crippen LogP contribution is -2.38. The van der Waals surface area contributed by atoms with E-state index in [1.54, 1.807) is 0 Å². The van der Waals surface area contributed by atoms with E-state index in [2.05, 4.69) is 24.2 Å². The Bertz CT molecular complexity index is 405. The van der Waals surface area contributed by atoms with E-state index in [1.807, 2.05) is 18.2 Å². The smallest absolute Gasteiger partial charge is 0.0451 e. The molecule has 0 radical (unpaired) electrons. The lowest BCUT2D eigenvalue weighted by atomic mass is 10.2. The van der Waals surface area contributed by atoms with Gasteiger partial charge in [0.05, 0.1) is 0 Å². The zero-order chi connectivity index (χ0) is 13.1. The van der Waals surface area contributed by atoms with Gasteiger partial charge in [-0.2, -0.15) is 0 Å². The summed E-state index contributed by atoms with van der Waals surface area (Å²) in [5.41, 5.74) is 1.06. The van der Waals surface area contributed by atoms with Crippen LogP contribution >= 0.6 is 23.2 Å². The largest absolute Gasteiger partial charge is 0.311 e. The molecule has 1 aromatic carbocycles. The van der Waals surface area contributed by atoms with Crippen molar-refractivity contribution < 1.29 is 0 Å². The van der Waals surface area contributed by atoms with Crippen LogP contribution in [0.1, 0.15) is 25.3 Å². The van der Waals surface area contributed by atoms with Crippen LogP contribution in [0.15, 0.2) is 18.2 Å². The maximum Gasteiger partial charge on any atom is 0.0451 e. The average molecular weight is 287 g/mol. The Balaban J connectivity index is 1.78. The molecule has 1 aliphatic carbocycles. The second-order valence-electron chi connectivity index (χ2n) is 5.11. The summed E-state index contributed by atoms with van der Waals surface area (Å²) in [7, 11) is 2.20. The first-order valence-electron chi connectivity index (χ1n) is 6.44. The normalized spacial score (nSPS) is 17.2. The van der Waals surface area contributed by atoms with Crippen molar-refractivity contribution in [1.82, 2.24) is 10.2 Å². The summed E-state index contributed by atoms with van der Waals surface area (Å²) in [5, 5.41) is 4.96. The Morgan fingerprint density at radius 1 is 1.39 bits per heavy atom. The van der Waals surface area contributed by atoms with Gasteiger partial charge in [0, 0.05) is 35.2 Å². The Morgan fingerprint density at radius 3 is 2.78 bits per heavy atom. The molecule has 4 heteroatoms. The molecule has 0 saturated heterocycles. The highest BCUT2D eigenvalue weighted by Crippen LogP contribution is 2.26. The van der Waals surface area contributed by atoms with Gasteiger partial charge in [0.25, 0.3) is 0 Å². The minimum atomic E-state index is 0.551. The molecule has 0 heterocycles. The van der Waals surface area contributed by atoms with Crippen molar-refractivity contribution in [3.8, 4) is 0 Å². The molecular formula is C14H20Cl2N2. The van der Waals surface area contributed by atoms with Crippen molar-refractivity contribution in [2.75, 3.05) is 13.6 Å². The fourth-order valence-electron chi connectivity index (χ4n) is 2.08. The van der Waals surface area contributed by atoms with E-state index in [1.165, 1.54) is 12.8 Å². The minimum absolute atomic E-state index is 0.551. The third kappa shape index (κ3) is 3.86. The SMILES string of the molecule is CC(CNCc1cc(Cl)ccc1Cl)N(C)C1CC1. The first-order chi connectivity index (χ1) is 8.58. The second kappa shape index (κ2) is 6.25. The molecule has 1 N–H and O–H groups in total. The van der Waals surface area contributed by atoms with Gasteiger partial charge in [-0.15, -0.1) is 0 Å². The van der Waals surface area contributed by atoms with Crippen molar-refractivity contribution in [2.45, 2.75) is 38.4 Å². The van der Waals surface area contributed by atoms with E-state index < -0.39 is 0 Å². The van der Waals surface area contributed by atoms with Crippen LogP contribution in [0.2, 0.25) is 10.0 Å². The standard InChI is InChI=1S/C14H20Cl2N2/c1-10(18(2)13-4-5-13)8-17-9-11-7-12(15)3-6-14(11)16/h3,6-7,10,13,17H,4-5,8-9H2,1-2H3. The highest BCUT2D eigenvalue weighted by molar-refractivity contribution is 6.33. The first-order valence-corrected chi connectivity index (χ1v) is 7.20. The summed E-state index contributed by atoms with van der Waals surface area (Å²) >= 11 is 12.1. The maximum absolute atomic E-state index is 6.13. The van der Waals surface area contributed by atoms with E-state index in [-0.39, 0.29) is 0 Å². The van der Waals surface area contributed by atoms with Crippen LogP contribution in [-0.2, 0) is 6.54 Å². The molecule has 0 spiro atoms. The number of hydrogen-bond donors (Lipinski definition) is 1. The van der Waals surface area contributed by atoms with E-state index in [4.69, 9.17) is 23.2 Å². The molecule has 100 valence electrons. The van der Waals surface area contributed by atoms with Crippen molar-refractivity contribution in [3.05, 3.63) is 33.8 Å². The van der Waals surface area contributed by atoms with Gasteiger partial charge in [-0.25, -0.2) is 0 Å². The van der Waals surface area contributed by atoms with Crippen molar-refractivity contribution >= 4 is 23.2 Å². The van der Waals surface area contributed by atoms with Crippen molar-refractivity contribution in [1.29, 1.82) is 0 Å². The molecule has 0 aromatic heterocycles. The average Bonchev–Trinajstić information content (AvgIpc) is 3.16. The molecule has 2 nitrogen and oxygen atoms in total. The highest BCUT2D eigenvalue weighted by Gasteiger charge is 2.28. The Hall–Kier alpha value is -0.280. The Morgan fingerprint density at radius 2 is 2.11 bits per heavy atom. The molecule has 1 saturated carbocycles. The molecule has 2 rings (SSSR count). The molecule has 1 aliphatic rings. The zero-order valence-electron chi connectivity index (χ0n) is 10.9. The summed E-state index contributed by atoms with van der Waals surface area (Å²) in [6.07, 6.45) is 2.70. The number of benzene rings is 1. The monoisotopic (exact) mass is 286 g/mol. The number of nitrogens with one attached hydrogen (secondary N) is 1. The number of rotatable bonds is 6. The van der Waals surface area contributed by atoms with Gasteiger partial charge < -0.3 is 5.32 Å². The zero-order valence-corrected chi connectivity index (χ0v) is 12.4. The molecule has 18 heavy (non-hydrogen) atoms. The quantitative estimate of drug-likeness (QED) is 0.860. The number of nitrogens with zero attached hydrogens (tertiary/aromatic N) is 1. The molecule has 0 aliphatic heterocycles. The number of likely N-dealkylation sites (N-methyl/N-ethyl adjacent to an activating group) is 1. The van der Waals surface area contributed by atoms with Gasteiger partial charge in [0.15, 0.2) is 0 Å². The predicted octanol–water partition coefficient (Wildman–Crippen LogP) is 3.57. The Kier molecular flexibility index (Phi) is 4.91. The molecule has 0 amide bonds. The Labute approximate surface area is 119 Å². The molecule has 1 aromatic rings. The van der Waals surface area contributed by atoms with Gasteiger partial charge in [0.2, 0.25) is 0 Å². The van der Waals surface area contributed by atoms with Crippen molar-refractivity contribution in [3.63, 3.8) is 0 Å². The van der Waals surface area contributed by atoms with Crippen LogP contribution < -0.4 is 5.32 Å². The molecule has 1 atom stereocenters. The lowest BCUT2D eigenvalue weighted by Gasteiger charge is -2.24. The second-order valence-corrected chi connectivity index (χ2v) is 5.96. The maximum atomic E-state index is 6.13. The van der Waals surface area contributed by atoms with Gasteiger partial charge in [-0.1, -0.05) is 23.2 Å². The fraction of sp³-hybridized carbons (Fsp3) is 0.571. The third-order valence-corrected chi connectivity index (χ3v) is 4.18. The summed E-state index contributed by atoms with van der Waals surface area (Å²) < 4.78 is 0. The van der Waals surface area contributed by atoms with Gasteiger partial charge >= 0.3 is 0 Å².